The molecule has 8 heteroatoms. The van der Waals surface area contributed by atoms with Crippen molar-refractivity contribution < 1.29 is 17.6 Å². The largest absolute Gasteiger partial charge is 0.464 e. The van der Waals surface area contributed by atoms with Crippen LogP contribution in [-0.2, 0) is 27.8 Å². The number of hydrogen-bond acceptors (Lipinski definition) is 5. The Morgan fingerprint density at radius 1 is 1.14 bits per heavy atom. The molecule has 0 aliphatic carbocycles. The van der Waals surface area contributed by atoms with Crippen LogP contribution in [0, 0.1) is 13.8 Å². The summed E-state index contributed by atoms with van der Waals surface area (Å²) in [5.74, 6) is -0.132. The van der Waals surface area contributed by atoms with Crippen molar-refractivity contribution in [1.82, 2.24) is 9.62 Å². The first-order valence-electron chi connectivity index (χ1n) is 9.59. The quantitative estimate of drug-likeness (QED) is 0.581. The number of thiophene rings is 1. The van der Waals surface area contributed by atoms with Crippen LogP contribution in [0.1, 0.15) is 35.4 Å². The molecule has 0 saturated carbocycles. The van der Waals surface area contributed by atoms with Gasteiger partial charge in [0.15, 0.2) is 0 Å². The van der Waals surface area contributed by atoms with E-state index in [4.69, 9.17) is 4.42 Å². The van der Waals surface area contributed by atoms with E-state index >= 15 is 0 Å². The second kappa shape index (κ2) is 8.69. The highest BCUT2D eigenvalue weighted by molar-refractivity contribution is 7.91. The van der Waals surface area contributed by atoms with E-state index < -0.39 is 10.0 Å². The van der Waals surface area contributed by atoms with Crippen molar-refractivity contribution >= 4 is 38.2 Å². The van der Waals surface area contributed by atoms with E-state index in [1.54, 1.807) is 18.4 Å². The summed E-state index contributed by atoms with van der Waals surface area (Å²) >= 11 is 1.19. The molecule has 0 aliphatic heterocycles. The van der Waals surface area contributed by atoms with E-state index in [2.05, 4.69) is 5.32 Å². The lowest BCUT2D eigenvalue weighted by Crippen LogP contribution is -2.30. The highest BCUT2D eigenvalue weighted by Crippen LogP contribution is 2.27. The van der Waals surface area contributed by atoms with Crippen molar-refractivity contribution in [1.29, 1.82) is 0 Å². The fraction of sp³-hybridized carbons (Fsp3) is 0.381. The van der Waals surface area contributed by atoms with Crippen LogP contribution in [0.2, 0.25) is 0 Å². The number of benzene rings is 1. The van der Waals surface area contributed by atoms with Crippen molar-refractivity contribution in [3.8, 4) is 0 Å². The van der Waals surface area contributed by atoms with E-state index in [-0.39, 0.29) is 12.3 Å². The lowest BCUT2D eigenvalue weighted by atomic mass is 10.0. The molecule has 0 atom stereocenters. The number of aryl methyl sites for hydroxylation is 2. The fourth-order valence-corrected chi connectivity index (χ4v) is 6.14. The standard InChI is InChI=1S/C21H26N2O4S2/c1-5-23(6-2)29(25,26)20-10-8-17(28-20)12-22-19(24)11-16-13-27-21-15(4)14(3)7-9-18(16)21/h7-10,13H,5-6,11-12H2,1-4H3,(H,22,24). The molecule has 2 heterocycles. The zero-order valence-corrected chi connectivity index (χ0v) is 18.7. The summed E-state index contributed by atoms with van der Waals surface area (Å²) in [5.41, 5.74) is 3.89. The van der Waals surface area contributed by atoms with Gasteiger partial charge in [0, 0.05) is 28.9 Å². The Morgan fingerprint density at radius 3 is 2.55 bits per heavy atom. The Balaban J connectivity index is 1.65. The van der Waals surface area contributed by atoms with Crippen LogP contribution in [-0.4, -0.2) is 31.7 Å². The molecular formula is C21H26N2O4S2. The molecule has 1 N–H and O–H groups in total. The normalized spacial score (nSPS) is 12.0. The second-order valence-corrected chi connectivity index (χ2v) is 10.2. The third kappa shape index (κ3) is 4.39. The molecule has 0 radical (unpaired) electrons. The molecule has 0 bridgehead atoms. The topological polar surface area (TPSA) is 79.6 Å². The SMILES string of the molecule is CCN(CC)S(=O)(=O)c1ccc(CNC(=O)Cc2coc3c(C)c(C)ccc23)s1. The molecule has 0 aliphatic rings. The van der Waals surface area contributed by atoms with Crippen LogP contribution < -0.4 is 5.32 Å². The number of hydrogen-bond donors (Lipinski definition) is 1. The average Bonchev–Trinajstić information content (AvgIpc) is 3.32. The predicted molar refractivity (Wildman–Crippen MR) is 116 cm³/mol. The molecule has 0 spiro atoms. The van der Waals surface area contributed by atoms with Crippen molar-refractivity contribution in [2.75, 3.05) is 13.1 Å². The summed E-state index contributed by atoms with van der Waals surface area (Å²) < 4.78 is 32.5. The monoisotopic (exact) mass is 434 g/mol. The minimum absolute atomic E-state index is 0.132. The number of rotatable bonds is 8. The van der Waals surface area contributed by atoms with E-state index in [1.807, 2.05) is 39.8 Å². The molecule has 156 valence electrons. The van der Waals surface area contributed by atoms with Crippen molar-refractivity contribution in [2.45, 2.75) is 44.9 Å². The van der Waals surface area contributed by atoms with E-state index in [0.717, 1.165) is 32.5 Å². The molecule has 3 aromatic rings. The Hall–Kier alpha value is -2.16. The van der Waals surface area contributed by atoms with Gasteiger partial charge in [0.25, 0.3) is 10.0 Å². The fourth-order valence-electron chi connectivity index (χ4n) is 3.23. The highest BCUT2D eigenvalue weighted by Gasteiger charge is 2.23. The minimum atomic E-state index is -3.47. The summed E-state index contributed by atoms with van der Waals surface area (Å²) in [5, 5.41) is 3.82. The van der Waals surface area contributed by atoms with Crippen LogP contribution in [0.15, 0.2) is 39.2 Å². The number of nitrogens with zero attached hydrogens (tertiary/aromatic N) is 1. The van der Waals surface area contributed by atoms with E-state index in [0.29, 0.717) is 23.8 Å². The summed E-state index contributed by atoms with van der Waals surface area (Å²) in [6.45, 7) is 8.83. The average molecular weight is 435 g/mol. The highest BCUT2D eigenvalue weighted by atomic mass is 32.2. The summed E-state index contributed by atoms with van der Waals surface area (Å²) in [4.78, 5) is 13.2. The third-order valence-electron chi connectivity index (χ3n) is 5.09. The summed E-state index contributed by atoms with van der Waals surface area (Å²) in [6, 6.07) is 7.36. The predicted octanol–water partition coefficient (Wildman–Crippen LogP) is 4.00. The van der Waals surface area contributed by atoms with Crippen molar-refractivity contribution in [3.05, 3.63) is 52.1 Å². The maximum absolute atomic E-state index is 12.6. The smallest absolute Gasteiger partial charge is 0.252 e. The van der Waals surface area contributed by atoms with Gasteiger partial charge < -0.3 is 9.73 Å². The number of carbonyl (C=O) groups is 1. The molecule has 1 aromatic carbocycles. The number of sulfonamides is 1. The first-order valence-corrected chi connectivity index (χ1v) is 11.8. The summed E-state index contributed by atoms with van der Waals surface area (Å²) in [7, 11) is -3.47. The number of carbonyl (C=O) groups excluding carboxylic acids is 1. The Morgan fingerprint density at radius 2 is 1.86 bits per heavy atom. The van der Waals surface area contributed by atoms with Gasteiger partial charge >= 0.3 is 0 Å². The van der Waals surface area contributed by atoms with Gasteiger partial charge in [-0.1, -0.05) is 26.0 Å². The number of nitrogens with one attached hydrogen (secondary N) is 1. The number of fused-ring (bicyclic) bond motifs is 1. The molecule has 0 fully saturated rings. The Bertz CT molecular complexity index is 1120. The molecule has 2 aromatic heterocycles. The molecular weight excluding hydrogens is 408 g/mol. The molecule has 3 rings (SSSR count). The first-order chi connectivity index (χ1) is 13.8. The van der Waals surface area contributed by atoms with Gasteiger partial charge in [-0.15, -0.1) is 11.3 Å². The van der Waals surface area contributed by atoms with Crippen LogP contribution >= 0.6 is 11.3 Å². The van der Waals surface area contributed by atoms with Gasteiger partial charge in [0.2, 0.25) is 5.91 Å². The molecule has 29 heavy (non-hydrogen) atoms. The van der Waals surface area contributed by atoms with Crippen LogP contribution in [0.5, 0.6) is 0 Å². The number of furan rings is 1. The van der Waals surface area contributed by atoms with Gasteiger partial charge in [0.05, 0.1) is 19.2 Å². The summed E-state index contributed by atoms with van der Waals surface area (Å²) in [6.07, 6.45) is 1.85. The first kappa shape index (κ1) is 21.5. The Kier molecular flexibility index (Phi) is 6.45. The van der Waals surface area contributed by atoms with Crippen LogP contribution in [0.25, 0.3) is 11.0 Å². The van der Waals surface area contributed by atoms with Crippen molar-refractivity contribution in [3.63, 3.8) is 0 Å². The van der Waals surface area contributed by atoms with Gasteiger partial charge in [-0.3, -0.25) is 4.79 Å². The minimum Gasteiger partial charge on any atom is -0.464 e. The maximum Gasteiger partial charge on any atom is 0.252 e. The molecule has 0 unspecified atom stereocenters. The second-order valence-electron chi connectivity index (χ2n) is 6.91. The maximum atomic E-state index is 12.6. The van der Waals surface area contributed by atoms with Gasteiger partial charge in [-0.25, -0.2) is 8.42 Å². The van der Waals surface area contributed by atoms with E-state index in [1.165, 1.54) is 15.6 Å². The van der Waals surface area contributed by atoms with Gasteiger partial charge in [0.1, 0.15) is 9.79 Å². The zero-order chi connectivity index (χ0) is 21.2. The van der Waals surface area contributed by atoms with Gasteiger partial charge in [-0.2, -0.15) is 4.31 Å². The molecule has 6 nitrogen and oxygen atoms in total. The molecule has 1 amide bonds. The van der Waals surface area contributed by atoms with Crippen LogP contribution in [0.3, 0.4) is 0 Å². The number of amides is 1. The van der Waals surface area contributed by atoms with Crippen LogP contribution in [0.4, 0.5) is 0 Å². The lowest BCUT2D eigenvalue weighted by Gasteiger charge is -2.16. The molecule has 0 saturated heterocycles. The lowest BCUT2D eigenvalue weighted by molar-refractivity contribution is -0.120. The Labute approximate surface area is 175 Å². The van der Waals surface area contributed by atoms with Gasteiger partial charge in [-0.05, 0) is 37.1 Å². The van der Waals surface area contributed by atoms with E-state index in [9.17, 15) is 13.2 Å². The third-order valence-corrected chi connectivity index (χ3v) is 8.69. The van der Waals surface area contributed by atoms with Crippen molar-refractivity contribution in [2.24, 2.45) is 0 Å². The zero-order valence-electron chi connectivity index (χ0n) is 17.1.